The van der Waals surface area contributed by atoms with Gasteiger partial charge in [-0.3, -0.25) is 9.36 Å². The molecule has 0 spiro atoms. The van der Waals surface area contributed by atoms with Crippen LogP contribution in [0.1, 0.15) is 40.9 Å². The van der Waals surface area contributed by atoms with Gasteiger partial charge in [0.2, 0.25) is 5.76 Å². The second kappa shape index (κ2) is 7.96. The van der Waals surface area contributed by atoms with Gasteiger partial charge in [-0.2, -0.15) is 0 Å². The van der Waals surface area contributed by atoms with Gasteiger partial charge in [-0.05, 0) is 30.0 Å². The number of rotatable bonds is 6. The molecule has 0 fully saturated rings. The summed E-state index contributed by atoms with van der Waals surface area (Å²) in [4.78, 5) is 33.0. The summed E-state index contributed by atoms with van der Waals surface area (Å²) in [5.74, 6) is 0.774. The number of fused-ring (bicyclic) bond motifs is 1. The molecule has 6 nitrogen and oxygen atoms in total. The maximum absolute atomic E-state index is 13.6. The molecule has 0 saturated heterocycles. The van der Waals surface area contributed by atoms with Crippen LogP contribution >= 0.6 is 22.7 Å². The molecule has 0 aliphatic heterocycles. The number of aromatic nitrogens is 2. The molecule has 0 N–H and O–H groups in total. The van der Waals surface area contributed by atoms with Crippen molar-refractivity contribution < 1.29 is 13.9 Å². The zero-order chi connectivity index (χ0) is 20.5. The summed E-state index contributed by atoms with van der Waals surface area (Å²) in [5.41, 5.74) is 0.910. The third-order valence-electron chi connectivity index (χ3n) is 4.73. The monoisotopic (exact) mass is 428 g/mol. The van der Waals surface area contributed by atoms with E-state index in [1.807, 2.05) is 24.4 Å². The maximum atomic E-state index is 13.6. The van der Waals surface area contributed by atoms with Crippen LogP contribution in [0.25, 0.3) is 20.7 Å². The van der Waals surface area contributed by atoms with Crippen molar-refractivity contribution >= 4 is 38.9 Å². The van der Waals surface area contributed by atoms with Crippen LogP contribution in [0.5, 0.6) is 0 Å². The van der Waals surface area contributed by atoms with E-state index in [9.17, 15) is 9.59 Å². The quantitative estimate of drug-likeness (QED) is 0.415. The topological polar surface area (TPSA) is 74.3 Å². The van der Waals surface area contributed by atoms with Gasteiger partial charge >= 0.3 is 5.97 Å². The molecule has 0 aliphatic carbocycles. The van der Waals surface area contributed by atoms with Crippen molar-refractivity contribution in [2.75, 3.05) is 7.11 Å². The molecular weight excluding hydrogens is 408 g/mol. The molecule has 0 radical (unpaired) electrons. The van der Waals surface area contributed by atoms with Gasteiger partial charge in [0, 0.05) is 21.7 Å². The number of furan rings is 1. The fourth-order valence-electron chi connectivity index (χ4n) is 3.36. The number of ether oxygens (including phenoxy) is 1. The first kappa shape index (κ1) is 19.6. The lowest BCUT2D eigenvalue weighted by Crippen LogP contribution is -2.25. The van der Waals surface area contributed by atoms with Crippen molar-refractivity contribution in [1.29, 1.82) is 0 Å². The molecule has 8 heteroatoms. The van der Waals surface area contributed by atoms with Gasteiger partial charge in [0.05, 0.1) is 19.0 Å². The predicted molar refractivity (Wildman–Crippen MR) is 115 cm³/mol. The summed E-state index contributed by atoms with van der Waals surface area (Å²) in [6, 6.07) is 7.28. The van der Waals surface area contributed by atoms with Crippen LogP contribution in [0.15, 0.2) is 38.9 Å². The Morgan fingerprint density at radius 1 is 1.24 bits per heavy atom. The zero-order valence-corrected chi connectivity index (χ0v) is 18.0. The SMILES string of the molecule is CCc1sc2nc(CC)n(Cc3ccc(C(=O)OC)o3)c(=O)c2c1-c1cccs1. The van der Waals surface area contributed by atoms with E-state index in [2.05, 4.69) is 11.7 Å². The standard InChI is InChI=1S/C21H20N2O4S2/c1-4-14-17(15-7-6-10-28-15)18-19(29-14)22-16(5-2)23(20(18)24)11-12-8-9-13(27-12)21(25)26-3/h6-10H,4-5,11H2,1-3H3. The normalized spacial score (nSPS) is 11.3. The average molecular weight is 429 g/mol. The minimum atomic E-state index is -0.543. The summed E-state index contributed by atoms with van der Waals surface area (Å²) >= 11 is 3.21. The summed E-state index contributed by atoms with van der Waals surface area (Å²) < 4.78 is 11.9. The Kier molecular flexibility index (Phi) is 5.38. The number of hydrogen-bond acceptors (Lipinski definition) is 7. The minimum absolute atomic E-state index is 0.0813. The molecule has 0 atom stereocenters. The van der Waals surface area contributed by atoms with E-state index >= 15 is 0 Å². The summed E-state index contributed by atoms with van der Waals surface area (Å²) in [6.07, 6.45) is 1.46. The lowest BCUT2D eigenvalue weighted by atomic mass is 10.1. The fraction of sp³-hybridized carbons (Fsp3) is 0.286. The van der Waals surface area contributed by atoms with E-state index in [0.29, 0.717) is 23.4 Å². The molecule has 4 aromatic heterocycles. The van der Waals surface area contributed by atoms with Crippen LogP contribution in [0.4, 0.5) is 0 Å². The number of hydrogen-bond donors (Lipinski definition) is 0. The molecule has 0 amide bonds. The Balaban J connectivity index is 1.89. The maximum Gasteiger partial charge on any atom is 0.373 e. The van der Waals surface area contributed by atoms with E-state index < -0.39 is 5.97 Å². The Hall–Kier alpha value is -2.71. The van der Waals surface area contributed by atoms with Gasteiger partial charge in [-0.15, -0.1) is 22.7 Å². The van der Waals surface area contributed by atoms with Crippen LogP contribution in [-0.4, -0.2) is 22.6 Å². The number of carbonyl (C=O) groups excluding carboxylic acids is 1. The molecule has 4 rings (SSSR count). The molecule has 29 heavy (non-hydrogen) atoms. The number of thiophene rings is 2. The van der Waals surface area contributed by atoms with Crippen molar-refractivity contribution in [1.82, 2.24) is 9.55 Å². The van der Waals surface area contributed by atoms with Gasteiger partial charge in [0.1, 0.15) is 16.4 Å². The average Bonchev–Trinajstić information content (AvgIpc) is 3.48. The smallest absolute Gasteiger partial charge is 0.373 e. The molecule has 150 valence electrons. The number of esters is 1. The van der Waals surface area contributed by atoms with Gasteiger partial charge in [-0.1, -0.05) is 19.9 Å². The zero-order valence-electron chi connectivity index (χ0n) is 16.4. The molecule has 0 aromatic carbocycles. The molecule has 4 heterocycles. The number of carbonyl (C=O) groups is 1. The lowest BCUT2D eigenvalue weighted by molar-refractivity contribution is 0.0563. The third-order valence-corrected chi connectivity index (χ3v) is 6.85. The molecule has 0 aliphatic rings. The van der Waals surface area contributed by atoms with Crippen LogP contribution < -0.4 is 5.56 Å². The van der Waals surface area contributed by atoms with E-state index in [-0.39, 0.29) is 17.9 Å². The first-order valence-corrected chi connectivity index (χ1v) is 11.0. The van der Waals surface area contributed by atoms with E-state index in [1.165, 1.54) is 7.11 Å². The Bertz CT molecular complexity index is 1230. The Labute approximate surface area is 175 Å². The van der Waals surface area contributed by atoms with Gasteiger partial charge < -0.3 is 9.15 Å². The largest absolute Gasteiger partial charge is 0.463 e. The second-order valence-electron chi connectivity index (χ2n) is 6.44. The molecule has 4 aromatic rings. The fourth-order valence-corrected chi connectivity index (χ4v) is 5.37. The van der Waals surface area contributed by atoms with Crippen molar-refractivity contribution in [3.63, 3.8) is 0 Å². The van der Waals surface area contributed by atoms with Crippen molar-refractivity contribution in [3.05, 3.63) is 62.2 Å². The van der Waals surface area contributed by atoms with Gasteiger partial charge in [-0.25, -0.2) is 9.78 Å². The highest BCUT2D eigenvalue weighted by Crippen LogP contribution is 2.38. The van der Waals surface area contributed by atoms with E-state index in [0.717, 1.165) is 26.6 Å². The van der Waals surface area contributed by atoms with Crippen LogP contribution in [-0.2, 0) is 24.1 Å². The highest BCUT2D eigenvalue weighted by atomic mass is 32.1. The van der Waals surface area contributed by atoms with Gasteiger partial charge in [0.15, 0.2) is 0 Å². The first-order valence-electron chi connectivity index (χ1n) is 9.33. The highest BCUT2D eigenvalue weighted by molar-refractivity contribution is 7.20. The van der Waals surface area contributed by atoms with Crippen molar-refractivity contribution in [2.45, 2.75) is 33.2 Å². The summed E-state index contributed by atoms with van der Waals surface area (Å²) in [5, 5.41) is 2.67. The van der Waals surface area contributed by atoms with Crippen LogP contribution in [0, 0.1) is 0 Å². The number of methoxy groups -OCH3 is 1. The Morgan fingerprint density at radius 3 is 2.72 bits per heavy atom. The summed E-state index contributed by atoms with van der Waals surface area (Å²) in [6.45, 7) is 4.28. The lowest BCUT2D eigenvalue weighted by Gasteiger charge is -2.10. The number of nitrogens with zero attached hydrogens (tertiary/aromatic N) is 2. The van der Waals surface area contributed by atoms with Crippen LogP contribution in [0.2, 0.25) is 0 Å². The molecular formula is C21H20N2O4S2. The number of aryl methyl sites for hydroxylation is 2. The first-order chi connectivity index (χ1) is 14.1. The van der Waals surface area contributed by atoms with E-state index in [4.69, 9.17) is 9.40 Å². The molecule has 0 unspecified atom stereocenters. The van der Waals surface area contributed by atoms with Crippen LogP contribution in [0.3, 0.4) is 0 Å². The summed E-state index contributed by atoms with van der Waals surface area (Å²) in [7, 11) is 1.30. The predicted octanol–water partition coefficient (Wildman–Crippen LogP) is 4.74. The van der Waals surface area contributed by atoms with Crippen molar-refractivity contribution in [3.8, 4) is 10.4 Å². The Morgan fingerprint density at radius 2 is 2.07 bits per heavy atom. The second-order valence-corrected chi connectivity index (χ2v) is 8.47. The van der Waals surface area contributed by atoms with E-state index in [1.54, 1.807) is 39.4 Å². The van der Waals surface area contributed by atoms with Crippen molar-refractivity contribution in [2.24, 2.45) is 0 Å². The molecule has 0 saturated carbocycles. The van der Waals surface area contributed by atoms with Gasteiger partial charge in [0.25, 0.3) is 5.56 Å². The highest BCUT2D eigenvalue weighted by Gasteiger charge is 2.22. The molecule has 0 bridgehead atoms. The minimum Gasteiger partial charge on any atom is -0.463 e. The third kappa shape index (κ3) is 3.42.